The lowest BCUT2D eigenvalue weighted by Crippen LogP contribution is -2.17. The van der Waals surface area contributed by atoms with Gasteiger partial charge in [-0.15, -0.1) is 0 Å². The zero-order chi connectivity index (χ0) is 12.8. The molecule has 0 aliphatic carbocycles. The van der Waals surface area contributed by atoms with Gasteiger partial charge in [0.15, 0.2) is 5.75 Å². The summed E-state index contributed by atoms with van der Waals surface area (Å²) >= 11 is 1.74. The molecule has 1 aromatic rings. The Hall–Kier alpha value is -1.43. The van der Waals surface area contributed by atoms with Gasteiger partial charge in [0.25, 0.3) is 0 Å². The number of benzene rings is 1. The molecule has 0 saturated heterocycles. The third-order valence-electron chi connectivity index (χ3n) is 2.21. The number of nitro benzene ring substituents is 1. The topological polar surface area (TPSA) is 64.4 Å². The molecule has 17 heavy (non-hydrogen) atoms. The third-order valence-corrected chi connectivity index (χ3v) is 3.04. The van der Waals surface area contributed by atoms with Crippen LogP contribution in [0.3, 0.4) is 0 Å². The third kappa shape index (κ3) is 3.81. The number of methoxy groups -OCH3 is 1. The number of hydrogen-bond acceptors (Lipinski definition) is 5. The van der Waals surface area contributed by atoms with Crippen LogP contribution in [0.5, 0.6) is 5.75 Å². The van der Waals surface area contributed by atoms with Gasteiger partial charge in [0, 0.05) is 29.6 Å². The van der Waals surface area contributed by atoms with Crippen molar-refractivity contribution in [1.82, 2.24) is 0 Å². The zero-order valence-electron chi connectivity index (χ0n) is 10.1. The van der Waals surface area contributed by atoms with Crippen molar-refractivity contribution in [3.05, 3.63) is 28.3 Å². The molecule has 0 amide bonds. The maximum absolute atomic E-state index is 10.7. The Labute approximate surface area is 105 Å². The second kappa shape index (κ2) is 6.34. The molecule has 0 spiro atoms. The van der Waals surface area contributed by atoms with Crippen molar-refractivity contribution in [2.24, 2.45) is 0 Å². The average Bonchev–Trinajstić information content (AvgIpc) is 2.28. The number of thioether (sulfide) groups is 1. The molecule has 1 aromatic carbocycles. The summed E-state index contributed by atoms with van der Waals surface area (Å²) in [6.07, 6.45) is 2.04. The van der Waals surface area contributed by atoms with Crippen LogP contribution < -0.4 is 10.1 Å². The highest BCUT2D eigenvalue weighted by Gasteiger charge is 2.15. The first-order valence-electron chi connectivity index (χ1n) is 5.16. The fourth-order valence-electron chi connectivity index (χ4n) is 1.49. The van der Waals surface area contributed by atoms with Crippen LogP contribution >= 0.6 is 11.8 Å². The molecule has 0 fully saturated rings. The van der Waals surface area contributed by atoms with Crippen molar-refractivity contribution < 1.29 is 9.66 Å². The second-order valence-corrected chi connectivity index (χ2v) is 4.56. The molecule has 1 rings (SSSR count). The quantitative estimate of drug-likeness (QED) is 0.626. The summed E-state index contributed by atoms with van der Waals surface area (Å²) in [6, 6.07) is 5.09. The molecule has 1 N–H and O–H groups in total. The normalized spacial score (nSPS) is 11.9. The van der Waals surface area contributed by atoms with Crippen LogP contribution in [0.1, 0.15) is 6.92 Å². The molecule has 0 heterocycles. The van der Waals surface area contributed by atoms with Crippen LogP contribution in [0.4, 0.5) is 11.4 Å². The van der Waals surface area contributed by atoms with Gasteiger partial charge in [0.2, 0.25) is 0 Å². The van der Waals surface area contributed by atoms with Crippen molar-refractivity contribution in [1.29, 1.82) is 0 Å². The zero-order valence-corrected chi connectivity index (χ0v) is 10.9. The Balaban J connectivity index is 2.86. The molecule has 0 aliphatic heterocycles. The first kappa shape index (κ1) is 13.6. The maximum Gasteiger partial charge on any atom is 0.311 e. The number of hydrogen-bond donors (Lipinski definition) is 1. The van der Waals surface area contributed by atoms with Crippen LogP contribution in [0, 0.1) is 10.1 Å². The van der Waals surface area contributed by atoms with Crippen molar-refractivity contribution in [2.75, 3.05) is 24.4 Å². The monoisotopic (exact) mass is 256 g/mol. The highest BCUT2D eigenvalue weighted by molar-refractivity contribution is 7.98. The lowest BCUT2D eigenvalue weighted by atomic mass is 10.2. The van der Waals surface area contributed by atoms with Crippen LogP contribution in [-0.2, 0) is 0 Å². The predicted octanol–water partition coefficient (Wildman–Crippen LogP) is 2.77. The molecule has 5 nitrogen and oxygen atoms in total. The minimum absolute atomic E-state index is 0.0180. The van der Waals surface area contributed by atoms with Gasteiger partial charge < -0.3 is 10.1 Å². The maximum atomic E-state index is 10.7. The van der Waals surface area contributed by atoms with E-state index in [1.54, 1.807) is 23.9 Å². The Morgan fingerprint density at radius 3 is 2.82 bits per heavy atom. The van der Waals surface area contributed by atoms with Crippen LogP contribution in [-0.4, -0.2) is 30.1 Å². The van der Waals surface area contributed by atoms with E-state index >= 15 is 0 Å². The van der Waals surface area contributed by atoms with E-state index < -0.39 is 4.92 Å². The van der Waals surface area contributed by atoms with Gasteiger partial charge in [-0.25, -0.2) is 0 Å². The van der Waals surface area contributed by atoms with E-state index in [9.17, 15) is 10.1 Å². The lowest BCUT2D eigenvalue weighted by molar-refractivity contribution is -0.385. The van der Waals surface area contributed by atoms with E-state index in [0.717, 1.165) is 11.4 Å². The largest absolute Gasteiger partial charge is 0.490 e. The van der Waals surface area contributed by atoms with Gasteiger partial charge in [-0.2, -0.15) is 11.8 Å². The minimum Gasteiger partial charge on any atom is -0.490 e. The fourth-order valence-corrected chi connectivity index (χ4v) is 2.08. The summed E-state index contributed by atoms with van der Waals surface area (Å²) in [4.78, 5) is 10.3. The van der Waals surface area contributed by atoms with Gasteiger partial charge in [-0.05, 0) is 19.2 Å². The van der Waals surface area contributed by atoms with E-state index in [4.69, 9.17) is 4.74 Å². The Morgan fingerprint density at radius 1 is 1.59 bits per heavy atom. The SMILES string of the molecule is COc1cc(N[C@@H](C)CSC)ccc1[N+](=O)[O-]. The van der Waals surface area contributed by atoms with E-state index in [0.29, 0.717) is 6.04 Å². The Morgan fingerprint density at radius 2 is 2.29 bits per heavy atom. The molecule has 0 bridgehead atoms. The first-order valence-corrected chi connectivity index (χ1v) is 6.55. The summed E-state index contributed by atoms with van der Waals surface area (Å²) in [5.74, 6) is 1.25. The summed E-state index contributed by atoms with van der Waals surface area (Å²) in [5, 5.41) is 14.0. The molecule has 0 aromatic heterocycles. The summed E-state index contributed by atoms with van der Waals surface area (Å²) < 4.78 is 5.00. The van der Waals surface area contributed by atoms with Crippen molar-refractivity contribution in [2.45, 2.75) is 13.0 Å². The van der Waals surface area contributed by atoms with Gasteiger partial charge >= 0.3 is 5.69 Å². The van der Waals surface area contributed by atoms with Crippen LogP contribution in [0.25, 0.3) is 0 Å². The lowest BCUT2D eigenvalue weighted by Gasteiger charge is -2.14. The number of rotatable bonds is 6. The fraction of sp³-hybridized carbons (Fsp3) is 0.455. The van der Waals surface area contributed by atoms with E-state index in [2.05, 4.69) is 12.2 Å². The summed E-state index contributed by atoms with van der Waals surface area (Å²) in [5.41, 5.74) is 0.810. The Bertz CT molecular complexity index is 398. The van der Waals surface area contributed by atoms with Gasteiger partial charge in [-0.1, -0.05) is 0 Å². The van der Waals surface area contributed by atoms with Crippen molar-refractivity contribution >= 4 is 23.1 Å². The predicted molar refractivity (Wildman–Crippen MR) is 71.1 cm³/mol. The molecule has 0 aliphatic rings. The molecule has 1 atom stereocenters. The van der Waals surface area contributed by atoms with Gasteiger partial charge in [-0.3, -0.25) is 10.1 Å². The number of ether oxygens (including phenoxy) is 1. The number of nitrogens with zero attached hydrogens (tertiary/aromatic N) is 1. The molecular formula is C11H16N2O3S. The number of anilines is 1. The number of nitrogens with one attached hydrogen (secondary N) is 1. The molecule has 6 heteroatoms. The molecule has 94 valence electrons. The Kier molecular flexibility index (Phi) is 5.09. The highest BCUT2D eigenvalue weighted by atomic mass is 32.2. The van der Waals surface area contributed by atoms with E-state index in [1.807, 2.05) is 6.26 Å². The number of nitro groups is 1. The molecular weight excluding hydrogens is 240 g/mol. The molecule has 0 radical (unpaired) electrons. The van der Waals surface area contributed by atoms with E-state index in [-0.39, 0.29) is 11.4 Å². The van der Waals surface area contributed by atoms with Crippen molar-refractivity contribution in [3.63, 3.8) is 0 Å². The van der Waals surface area contributed by atoms with E-state index in [1.165, 1.54) is 13.2 Å². The molecule has 0 unspecified atom stereocenters. The smallest absolute Gasteiger partial charge is 0.311 e. The highest BCUT2D eigenvalue weighted by Crippen LogP contribution is 2.29. The van der Waals surface area contributed by atoms with Gasteiger partial charge in [0.1, 0.15) is 0 Å². The van der Waals surface area contributed by atoms with Gasteiger partial charge in [0.05, 0.1) is 12.0 Å². The average molecular weight is 256 g/mol. The first-order chi connectivity index (χ1) is 8.08. The van der Waals surface area contributed by atoms with Crippen molar-refractivity contribution in [3.8, 4) is 5.75 Å². The van der Waals surface area contributed by atoms with Crippen LogP contribution in [0.2, 0.25) is 0 Å². The van der Waals surface area contributed by atoms with Crippen LogP contribution in [0.15, 0.2) is 18.2 Å². The summed E-state index contributed by atoms with van der Waals surface area (Å²) in [6.45, 7) is 2.06. The second-order valence-electron chi connectivity index (χ2n) is 3.64. The molecule has 0 saturated carbocycles. The summed E-state index contributed by atoms with van der Waals surface area (Å²) in [7, 11) is 1.43. The minimum atomic E-state index is -0.450. The standard InChI is InChI=1S/C11H16N2O3S/c1-8(7-17-3)12-9-4-5-10(13(14)15)11(6-9)16-2/h4-6,8,12H,7H2,1-3H3/t8-/m0/s1.